The van der Waals surface area contributed by atoms with Gasteiger partial charge in [-0.25, -0.2) is 0 Å². The van der Waals surface area contributed by atoms with E-state index >= 15 is 0 Å². The summed E-state index contributed by atoms with van der Waals surface area (Å²) < 4.78 is 1.14. The summed E-state index contributed by atoms with van der Waals surface area (Å²) in [6.45, 7) is 0. The first-order valence-electron chi connectivity index (χ1n) is 3.91. The fourth-order valence-electron chi connectivity index (χ4n) is 1.36. The maximum absolute atomic E-state index is 8.93. The van der Waals surface area contributed by atoms with Crippen molar-refractivity contribution in [3.63, 3.8) is 0 Å². The minimum absolute atomic E-state index is 0.699. The van der Waals surface area contributed by atoms with Gasteiger partial charge in [-0.2, -0.15) is 5.26 Å². The molecule has 0 atom stereocenters. The number of halogens is 1. The zero-order chi connectivity index (χ0) is 10.1. The average molecular weight is 240 g/mol. The number of thiophene rings is 1. The second-order valence-corrected chi connectivity index (χ2v) is 4.85. The van der Waals surface area contributed by atoms with Crippen LogP contribution in [-0.4, -0.2) is 6.26 Å². The zero-order valence-corrected chi connectivity index (χ0v) is 9.76. The molecule has 14 heavy (non-hydrogen) atoms. The molecule has 2 aromatic rings. The molecule has 0 aliphatic carbocycles. The second kappa shape index (κ2) is 3.82. The topological polar surface area (TPSA) is 23.8 Å². The van der Waals surface area contributed by atoms with Crippen LogP contribution in [0.3, 0.4) is 0 Å². The van der Waals surface area contributed by atoms with Gasteiger partial charge in [0.15, 0.2) is 0 Å². The van der Waals surface area contributed by atoms with Crippen molar-refractivity contribution in [2.75, 3.05) is 6.26 Å². The largest absolute Gasteiger partial charge is 0.192 e. The molecule has 0 fully saturated rings. The molecule has 1 heterocycles. The van der Waals surface area contributed by atoms with E-state index in [0.717, 1.165) is 20.0 Å². The van der Waals surface area contributed by atoms with Gasteiger partial charge in [0.1, 0.15) is 6.07 Å². The monoisotopic (exact) mass is 239 g/mol. The number of thioether (sulfide) groups is 1. The summed E-state index contributed by atoms with van der Waals surface area (Å²) >= 11 is 9.25. The van der Waals surface area contributed by atoms with Crippen molar-refractivity contribution in [1.82, 2.24) is 0 Å². The first kappa shape index (κ1) is 9.85. The highest BCUT2D eigenvalue weighted by atomic mass is 35.5. The number of hydrogen-bond donors (Lipinski definition) is 0. The minimum atomic E-state index is 0.699. The molecule has 1 aromatic carbocycles. The summed E-state index contributed by atoms with van der Waals surface area (Å²) in [6, 6.07) is 5.98. The Labute approximate surface area is 95.3 Å². The van der Waals surface area contributed by atoms with Gasteiger partial charge in [0.25, 0.3) is 0 Å². The Kier molecular flexibility index (Phi) is 2.69. The smallest absolute Gasteiger partial charge is 0.100 e. The molecular formula is C10H6ClNS2. The van der Waals surface area contributed by atoms with E-state index in [9.17, 15) is 0 Å². The molecule has 0 unspecified atom stereocenters. The number of nitrogens with zero attached hydrogens (tertiary/aromatic N) is 1. The Morgan fingerprint density at radius 3 is 2.93 bits per heavy atom. The fourth-order valence-corrected chi connectivity index (χ4v) is 3.45. The molecule has 1 nitrogen and oxygen atoms in total. The molecule has 0 aliphatic heterocycles. The van der Waals surface area contributed by atoms with Crippen LogP contribution >= 0.6 is 34.7 Å². The standard InChI is InChI=1S/C10H6ClNS2/c1-13-10-6(4-12)2-3-8-9(10)7(11)5-14-8/h2-3,5H,1H3. The molecular weight excluding hydrogens is 234 g/mol. The molecule has 0 saturated carbocycles. The van der Waals surface area contributed by atoms with Gasteiger partial charge in [-0.05, 0) is 18.4 Å². The Morgan fingerprint density at radius 2 is 2.29 bits per heavy atom. The van der Waals surface area contributed by atoms with E-state index in [0.29, 0.717) is 5.56 Å². The van der Waals surface area contributed by atoms with Gasteiger partial charge in [0.05, 0.1) is 10.6 Å². The highest BCUT2D eigenvalue weighted by Crippen LogP contribution is 2.38. The first-order valence-corrected chi connectivity index (χ1v) is 6.40. The first-order chi connectivity index (χ1) is 6.77. The molecule has 70 valence electrons. The number of hydrogen-bond acceptors (Lipinski definition) is 3. The van der Waals surface area contributed by atoms with Crippen molar-refractivity contribution in [1.29, 1.82) is 5.26 Å². The SMILES string of the molecule is CSc1c(C#N)ccc2scc(Cl)c12. The molecule has 0 aliphatic rings. The van der Waals surface area contributed by atoms with Crippen molar-refractivity contribution in [3.05, 3.63) is 28.1 Å². The molecule has 0 bridgehead atoms. The molecule has 0 N–H and O–H groups in total. The lowest BCUT2D eigenvalue weighted by Crippen LogP contribution is -1.80. The van der Waals surface area contributed by atoms with Gasteiger partial charge in [-0.3, -0.25) is 0 Å². The van der Waals surface area contributed by atoms with Crippen LogP contribution in [0.2, 0.25) is 5.02 Å². The highest BCUT2D eigenvalue weighted by Gasteiger charge is 2.10. The van der Waals surface area contributed by atoms with Gasteiger partial charge in [0.2, 0.25) is 0 Å². The predicted molar refractivity (Wildman–Crippen MR) is 63.3 cm³/mol. The molecule has 2 rings (SSSR count). The normalized spacial score (nSPS) is 10.4. The fraction of sp³-hybridized carbons (Fsp3) is 0.100. The van der Waals surface area contributed by atoms with E-state index in [1.54, 1.807) is 23.1 Å². The van der Waals surface area contributed by atoms with Crippen LogP contribution in [0.5, 0.6) is 0 Å². The van der Waals surface area contributed by atoms with Crippen LogP contribution in [0.1, 0.15) is 5.56 Å². The van der Waals surface area contributed by atoms with E-state index in [1.165, 1.54) is 0 Å². The summed E-state index contributed by atoms with van der Waals surface area (Å²) in [5.74, 6) is 0. The Morgan fingerprint density at radius 1 is 1.50 bits per heavy atom. The third-order valence-corrected chi connectivity index (χ3v) is 4.18. The Hall–Kier alpha value is -0.690. The van der Waals surface area contributed by atoms with Crippen LogP contribution in [0.4, 0.5) is 0 Å². The van der Waals surface area contributed by atoms with Crippen molar-refractivity contribution < 1.29 is 0 Å². The average Bonchev–Trinajstić information content (AvgIpc) is 2.59. The van der Waals surface area contributed by atoms with Crippen molar-refractivity contribution in [2.24, 2.45) is 0 Å². The number of rotatable bonds is 1. The Bertz CT molecular complexity index is 525. The highest BCUT2D eigenvalue weighted by molar-refractivity contribution is 7.99. The molecule has 0 spiro atoms. The van der Waals surface area contributed by atoms with Crippen LogP contribution in [0.15, 0.2) is 22.4 Å². The van der Waals surface area contributed by atoms with E-state index in [2.05, 4.69) is 6.07 Å². The molecule has 4 heteroatoms. The number of fused-ring (bicyclic) bond motifs is 1. The number of benzene rings is 1. The van der Waals surface area contributed by atoms with Crippen LogP contribution < -0.4 is 0 Å². The molecule has 0 amide bonds. The summed E-state index contributed by atoms with van der Waals surface area (Å²) in [5.41, 5.74) is 0.699. The third-order valence-electron chi connectivity index (χ3n) is 1.97. The van der Waals surface area contributed by atoms with Gasteiger partial charge in [-0.15, -0.1) is 23.1 Å². The quantitative estimate of drug-likeness (QED) is 0.698. The van der Waals surface area contributed by atoms with Crippen molar-refractivity contribution in [3.8, 4) is 6.07 Å². The van der Waals surface area contributed by atoms with Crippen molar-refractivity contribution in [2.45, 2.75) is 4.90 Å². The second-order valence-electron chi connectivity index (χ2n) is 2.71. The molecule has 0 saturated heterocycles. The zero-order valence-electron chi connectivity index (χ0n) is 7.37. The lowest BCUT2D eigenvalue weighted by Gasteiger charge is -2.02. The van der Waals surface area contributed by atoms with Crippen LogP contribution in [-0.2, 0) is 0 Å². The summed E-state index contributed by atoms with van der Waals surface area (Å²) in [6.07, 6.45) is 1.96. The minimum Gasteiger partial charge on any atom is -0.192 e. The Balaban J connectivity index is 2.89. The molecule has 1 aromatic heterocycles. The van der Waals surface area contributed by atoms with Gasteiger partial charge < -0.3 is 0 Å². The van der Waals surface area contributed by atoms with Gasteiger partial charge >= 0.3 is 0 Å². The molecule has 0 radical (unpaired) electrons. The van der Waals surface area contributed by atoms with E-state index < -0.39 is 0 Å². The predicted octanol–water partition coefficient (Wildman–Crippen LogP) is 4.15. The van der Waals surface area contributed by atoms with Gasteiger partial charge in [-0.1, -0.05) is 11.6 Å². The maximum atomic E-state index is 8.93. The van der Waals surface area contributed by atoms with E-state index in [-0.39, 0.29) is 0 Å². The third kappa shape index (κ3) is 1.40. The lowest BCUT2D eigenvalue weighted by atomic mass is 10.2. The summed E-state index contributed by atoms with van der Waals surface area (Å²) in [5, 5.41) is 12.6. The van der Waals surface area contributed by atoms with Crippen molar-refractivity contribution >= 4 is 44.8 Å². The number of nitriles is 1. The van der Waals surface area contributed by atoms with Gasteiger partial charge in [0, 0.05) is 20.4 Å². The maximum Gasteiger partial charge on any atom is 0.100 e. The lowest BCUT2D eigenvalue weighted by molar-refractivity contribution is 1.42. The summed E-state index contributed by atoms with van der Waals surface area (Å²) in [7, 11) is 0. The van der Waals surface area contributed by atoms with Crippen LogP contribution in [0.25, 0.3) is 10.1 Å². The summed E-state index contributed by atoms with van der Waals surface area (Å²) in [4.78, 5) is 0.983. The van der Waals surface area contributed by atoms with Crippen LogP contribution in [0, 0.1) is 11.3 Å². The van der Waals surface area contributed by atoms with E-state index in [1.807, 2.05) is 23.8 Å². The van der Waals surface area contributed by atoms with E-state index in [4.69, 9.17) is 16.9 Å².